The van der Waals surface area contributed by atoms with Gasteiger partial charge >= 0.3 is 5.97 Å². The molecule has 0 amide bonds. The van der Waals surface area contributed by atoms with Gasteiger partial charge in [0.1, 0.15) is 0 Å². The van der Waals surface area contributed by atoms with E-state index in [4.69, 9.17) is 0 Å². The highest BCUT2D eigenvalue weighted by molar-refractivity contribution is 5.90. The van der Waals surface area contributed by atoms with Crippen LogP contribution < -0.4 is 0 Å². The number of methoxy groups -OCH3 is 1. The number of allylic oxidation sites excluding steroid dienone is 1. The summed E-state index contributed by atoms with van der Waals surface area (Å²) in [5, 5.41) is 0. The highest BCUT2D eigenvalue weighted by atomic mass is 16.5. The summed E-state index contributed by atoms with van der Waals surface area (Å²) in [6, 6.07) is 5.69. The van der Waals surface area contributed by atoms with Crippen molar-refractivity contribution < 1.29 is 9.53 Å². The molecule has 0 saturated heterocycles. The maximum Gasteiger partial charge on any atom is 0.337 e. The van der Waals surface area contributed by atoms with Gasteiger partial charge in [-0.2, -0.15) is 0 Å². The van der Waals surface area contributed by atoms with Crippen LogP contribution >= 0.6 is 0 Å². The fraction of sp³-hybridized carbons (Fsp3) is 0.250. The summed E-state index contributed by atoms with van der Waals surface area (Å²) in [5.74, 6) is -0.266. The van der Waals surface area contributed by atoms with Crippen LogP contribution in [-0.4, -0.2) is 13.1 Å². The van der Waals surface area contributed by atoms with E-state index in [-0.39, 0.29) is 5.97 Å². The van der Waals surface area contributed by atoms with Gasteiger partial charge in [0.2, 0.25) is 0 Å². The predicted molar refractivity (Wildman–Crippen MR) is 55.1 cm³/mol. The summed E-state index contributed by atoms with van der Waals surface area (Å²) < 4.78 is 4.67. The Kier molecular flexibility index (Phi) is 2.12. The van der Waals surface area contributed by atoms with Crippen molar-refractivity contribution in [2.75, 3.05) is 7.11 Å². The number of fused-ring (bicyclic) bond motifs is 1. The maximum atomic E-state index is 11.3. The van der Waals surface area contributed by atoms with Crippen LogP contribution in [0, 0.1) is 0 Å². The number of hydrogen-bond acceptors (Lipinski definition) is 2. The van der Waals surface area contributed by atoms with Crippen molar-refractivity contribution in [1.29, 1.82) is 0 Å². The first-order chi connectivity index (χ1) is 6.70. The lowest BCUT2D eigenvalue weighted by molar-refractivity contribution is 0.0600. The second-order valence-electron chi connectivity index (χ2n) is 3.57. The molecule has 0 aliphatic heterocycles. The summed E-state index contributed by atoms with van der Waals surface area (Å²) in [6.07, 6.45) is 3.09. The largest absolute Gasteiger partial charge is 0.465 e. The predicted octanol–water partition coefficient (Wildman–Crippen LogP) is 2.43. The van der Waals surface area contributed by atoms with E-state index in [0.29, 0.717) is 5.56 Å². The Labute approximate surface area is 83.2 Å². The zero-order valence-electron chi connectivity index (χ0n) is 8.33. The Morgan fingerprint density at radius 3 is 2.93 bits per heavy atom. The van der Waals surface area contributed by atoms with E-state index in [1.54, 1.807) is 6.07 Å². The van der Waals surface area contributed by atoms with E-state index in [1.807, 2.05) is 12.1 Å². The van der Waals surface area contributed by atoms with Crippen molar-refractivity contribution in [2.24, 2.45) is 0 Å². The Morgan fingerprint density at radius 2 is 2.21 bits per heavy atom. The van der Waals surface area contributed by atoms with Crippen molar-refractivity contribution in [3.63, 3.8) is 0 Å². The minimum atomic E-state index is -0.266. The van der Waals surface area contributed by atoms with Gasteiger partial charge in [-0.25, -0.2) is 4.79 Å². The third-order valence-electron chi connectivity index (χ3n) is 2.44. The molecule has 2 heteroatoms. The van der Waals surface area contributed by atoms with Crippen molar-refractivity contribution >= 4 is 12.0 Å². The van der Waals surface area contributed by atoms with Crippen LogP contribution in [0.4, 0.5) is 0 Å². The van der Waals surface area contributed by atoms with Gasteiger partial charge in [0.15, 0.2) is 0 Å². The van der Waals surface area contributed by atoms with Gasteiger partial charge in [-0.3, -0.25) is 0 Å². The molecule has 2 nitrogen and oxygen atoms in total. The topological polar surface area (TPSA) is 26.3 Å². The highest BCUT2D eigenvalue weighted by Crippen LogP contribution is 2.25. The van der Waals surface area contributed by atoms with Gasteiger partial charge < -0.3 is 4.74 Å². The van der Waals surface area contributed by atoms with Crippen LogP contribution in [0.25, 0.3) is 6.08 Å². The first-order valence-electron chi connectivity index (χ1n) is 4.59. The molecule has 72 valence electrons. The molecule has 0 radical (unpaired) electrons. The first kappa shape index (κ1) is 9.00. The smallest absolute Gasteiger partial charge is 0.337 e. The van der Waals surface area contributed by atoms with E-state index in [9.17, 15) is 4.79 Å². The second-order valence-corrected chi connectivity index (χ2v) is 3.57. The van der Waals surface area contributed by atoms with Gasteiger partial charge in [0.25, 0.3) is 0 Å². The average molecular weight is 188 g/mol. The fourth-order valence-corrected chi connectivity index (χ4v) is 1.76. The van der Waals surface area contributed by atoms with Gasteiger partial charge in [0.05, 0.1) is 12.7 Å². The SMILES string of the molecule is COC(=O)c1ccc2c(c1)CC(C)=C2. The van der Waals surface area contributed by atoms with E-state index in [1.165, 1.54) is 23.8 Å². The molecule has 0 heterocycles. The van der Waals surface area contributed by atoms with Gasteiger partial charge in [-0.05, 0) is 36.6 Å². The number of carbonyl (C=O) groups is 1. The third-order valence-corrected chi connectivity index (χ3v) is 2.44. The molecule has 0 saturated carbocycles. The van der Waals surface area contributed by atoms with Crippen molar-refractivity contribution in [3.05, 3.63) is 40.5 Å². The number of rotatable bonds is 1. The van der Waals surface area contributed by atoms with Gasteiger partial charge in [-0.1, -0.05) is 17.7 Å². The molecule has 0 bridgehead atoms. The Morgan fingerprint density at radius 1 is 1.43 bits per heavy atom. The minimum absolute atomic E-state index is 0.266. The summed E-state index contributed by atoms with van der Waals surface area (Å²) >= 11 is 0. The zero-order valence-corrected chi connectivity index (χ0v) is 8.33. The number of ether oxygens (including phenoxy) is 1. The molecular formula is C12H12O2. The maximum absolute atomic E-state index is 11.3. The highest BCUT2D eigenvalue weighted by Gasteiger charge is 2.12. The van der Waals surface area contributed by atoms with E-state index in [2.05, 4.69) is 17.7 Å². The Balaban J connectivity index is 2.37. The Bertz CT molecular complexity index is 416. The van der Waals surface area contributed by atoms with Gasteiger partial charge in [-0.15, -0.1) is 0 Å². The summed E-state index contributed by atoms with van der Waals surface area (Å²) in [4.78, 5) is 11.3. The lowest BCUT2D eigenvalue weighted by Crippen LogP contribution is -2.01. The lowest BCUT2D eigenvalue weighted by atomic mass is 10.1. The monoisotopic (exact) mass is 188 g/mol. The molecule has 1 aromatic rings. The van der Waals surface area contributed by atoms with E-state index in [0.717, 1.165) is 6.42 Å². The fourth-order valence-electron chi connectivity index (χ4n) is 1.76. The third kappa shape index (κ3) is 1.43. The molecule has 0 N–H and O–H groups in total. The van der Waals surface area contributed by atoms with E-state index < -0.39 is 0 Å². The average Bonchev–Trinajstić information content (AvgIpc) is 2.55. The van der Waals surface area contributed by atoms with Crippen molar-refractivity contribution in [1.82, 2.24) is 0 Å². The number of benzene rings is 1. The van der Waals surface area contributed by atoms with Crippen LogP contribution in [0.1, 0.15) is 28.4 Å². The molecule has 0 atom stereocenters. The Hall–Kier alpha value is -1.57. The standard InChI is InChI=1S/C12H12O2/c1-8-5-9-3-4-10(12(13)14-2)7-11(9)6-8/h3-5,7H,6H2,1-2H3. The molecule has 0 fully saturated rings. The van der Waals surface area contributed by atoms with Crippen molar-refractivity contribution in [2.45, 2.75) is 13.3 Å². The minimum Gasteiger partial charge on any atom is -0.465 e. The van der Waals surface area contributed by atoms with Gasteiger partial charge in [0, 0.05) is 0 Å². The molecular weight excluding hydrogens is 176 g/mol. The number of carbonyl (C=O) groups excluding carboxylic acids is 1. The zero-order chi connectivity index (χ0) is 10.1. The molecule has 0 spiro atoms. The normalized spacial score (nSPS) is 13.4. The first-order valence-corrected chi connectivity index (χ1v) is 4.59. The summed E-state index contributed by atoms with van der Waals surface area (Å²) in [5.41, 5.74) is 4.40. The molecule has 2 rings (SSSR count). The lowest BCUT2D eigenvalue weighted by Gasteiger charge is -2.02. The quantitative estimate of drug-likeness (QED) is 0.633. The summed E-state index contributed by atoms with van der Waals surface area (Å²) in [7, 11) is 1.40. The molecule has 1 aromatic carbocycles. The molecule has 14 heavy (non-hydrogen) atoms. The molecule has 0 aromatic heterocycles. The number of esters is 1. The number of hydrogen-bond donors (Lipinski definition) is 0. The van der Waals surface area contributed by atoms with Crippen LogP contribution in [0.15, 0.2) is 23.8 Å². The molecule has 1 aliphatic carbocycles. The van der Waals surface area contributed by atoms with Crippen LogP contribution in [0.3, 0.4) is 0 Å². The van der Waals surface area contributed by atoms with Crippen molar-refractivity contribution in [3.8, 4) is 0 Å². The van der Waals surface area contributed by atoms with E-state index >= 15 is 0 Å². The summed E-state index contributed by atoms with van der Waals surface area (Å²) in [6.45, 7) is 2.10. The van der Waals surface area contributed by atoms with Crippen LogP contribution in [-0.2, 0) is 11.2 Å². The van der Waals surface area contributed by atoms with Crippen LogP contribution in [0.5, 0.6) is 0 Å². The molecule has 1 aliphatic rings. The second kappa shape index (κ2) is 3.29. The van der Waals surface area contributed by atoms with Crippen LogP contribution in [0.2, 0.25) is 0 Å². The molecule has 0 unspecified atom stereocenters.